The van der Waals surface area contributed by atoms with Gasteiger partial charge in [0.05, 0.1) is 10.5 Å². The van der Waals surface area contributed by atoms with E-state index in [1.165, 1.54) is 39.9 Å². The predicted molar refractivity (Wildman–Crippen MR) is 132 cm³/mol. The number of hydrogen-bond donors (Lipinski definition) is 1. The maximum atomic E-state index is 12.9. The van der Waals surface area contributed by atoms with Gasteiger partial charge >= 0.3 is 0 Å². The third-order valence-electron chi connectivity index (χ3n) is 6.21. The van der Waals surface area contributed by atoms with Crippen molar-refractivity contribution in [2.75, 3.05) is 25.2 Å². The molecule has 1 fully saturated rings. The molecule has 2 aliphatic rings. The molecule has 0 aliphatic carbocycles. The molecule has 2 aliphatic heterocycles. The standard InChI is InChI=1S/C25H23N3O5S2/c1-16-20(14-26)25(34-23(16)13-17-4-9-21-22(12-17)33-15-32-21)27-24(29)18-5-7-19(8-6-18)35(30,31)28-10-2-3-11-28/h4-9,12H,2-3,10-11,13,15H2,1H3,(H,27,29). The summed E-state index contributed by atoms with van der Waals surface area (Å²) in [6, 6.07) is 13.8. The molecular formula is C25H23N3O5S2. The molecule has 35 heavy (non-hydrogen) atoms. The van der Waals surface area contributed by atoms with E-state index in [2.05, 4.69) is 11.4 Å². The van der Waals surface area contributed by atoms with Crippen molar-refractivity contribution in [2.45, 2.75) is 31.1 Å². The van der Waals surface area contributed by atoms with Gasteiger partial charge in [0, 0.05) is 30.0 Å². The zero-order valence-electron chi connectivity index (χ0n) is 19.0. The Balaban J connectivity index is 1.33. The van der Waals surface area contributed by atoms with E-state index in [-0.39, 0.29) is 11.7 Å². The van der Waals surface area contributed by atoms with Crippen molar-refractivity contribution in [3.05, 3.63) is 69.6 Å². The van der Waals surface area contributed by atoms with E-state index in [0.717, 1.165) is 28.8 Å². The number of carbonyl (C=O) groups is 1. The minimum atomic E-state index is -3.54. The summed E-state index contributed by atoms with van der Waals surface area (Å²) in [6.45, 7) is 3.11. The van der Waals surface area contributed by atoms with E-state index in [9.17, 15) is 18.5 Å². The van der Waals surface area contributed by atoms with Gasteiger partial charge in [-0.05, 0) is 67.3 Å². The van der Waals surface area contributed by atoms with Crippen molar-refractivity contribution < 1.29 is 22.7 Å². The van der Waals surface area contributed by atoms with Crippen LogP contribution in [0.2, 0.25) is 0 Å². The average molecular weight is 510 g/mol. The number of thiophene rings is 1. The number of benzene rings is 2. The topological polar surface area (TPSA) is 109 Å². The first-order valence-electron chi connectivity index (χ1n) is 11.2. The molecule has 180 valence electrons. The van der Waals surface area contributed by atoms with Crippen LogP contribution in [0.25, 0.3) is 0 Å². The van der Waals surface area contributed by atoms with Crippen LogP contribution in [-0.4, -0.2) is 38.5 Å². The van der Waals surface area contributed by atoms with Crippen molar-refractivity contribution in [3.8, 4) is 17.6 Å². The first-order valence-corrected chi connectivity index (χ1v) is 13.4. The molecule has 3 heterocycles. The van der Waals surface area contributed by atoms with E-state index in [1.807, 2.05) is 25.1 Å². The number of anilines is 1. The van der Waals surface area contributed by atoms with E-state index in [1.54, 1.807) is 0 Å². The first kappa shape index (κ1) is 23.4. The number of rotatable bonds is 6. The van der Waals surface area contributed by atoms with Gasteiger partial charge in [-0.15, -0.1) is 11.3 Å². The minimum Gasteiger partial charge on any atom is -0.454 e. The van der Waals surface area contributed by atoms with Crippen LogP contribution < -0.4 is 14.8 Å². The number of nitrogens with zero attached hydrogens (tertiary/aromatic N) is 2. The summed E-state index contributed by atoms with van der Waals surface area (Å²) in [7, 11) is -3.54. The van der Waals surface area contributed by atoms with E-state index < -0.39 is 15.9 Å². The second-order valence-corrected chi connectivity index (χ2v) is 11.5. The lowest BCUT2D eigenvalue weighted by atomic mass is 10.1. The summed E-state index contributed by atoms with van der Waals surface area (Å²) < 4.78 is 37.7. The van der Waals surface area contributed by atoms with Crippen LogP contribution in [0.1, 0.15) is 44.8 Å². The molecule has 5 rings (SSSR count). The summed E-state index contributed by atoms with van der Waals surface area (Å²) >= 11 is 1.36. The van der Waals surface area contributed by atoms with E-state index in [0.29, 0.717) is 47.1 Å². The van der Waals surface area contributed by atoms with Crippen molar-refractivity contribution in [3.63, 3.8) is 0 Å². The Morgan fingerprint density at radius 3 is 2.54 bits per heavy atom. The molecule has 0 spiro atoms. The molecule has 2 aromatic carbocycles. The van der Waals surface area contributed by atoms with Crippen LogP contribution in [0.15, 0.2) is 47.4 Å². The van der Waals surface area contributed by atoms with Crippen molar-refractivity contribution >= 4 is 32.3 Å². The Bertz CT molecular complexity index is 1430. The highest BCUT2D eigenvalue weighted by molar-refractivity contribution is 7.89. The maximum Gasteiger partial charge on any atom is 0.256 e. The number of ether oxygens (including phenoxy) is 2. The Labute approximate surface area is 207 Å². The number of carbonyl (C=O) groups excluding carboxylic acids is 1. The zero-order chi connectivity index (χ0) is 24.6. The van der Waals surface area contributed by atoms with E-state index >= 15 is 0 Å². The van der Waals surface area contributed by atoms with Crippen LogP contribution in [0.4, 0.5) is 5.00 Å². The fraction of sp³-hybridized carbons (Fsp3) is 0.280. The molecule has 0 radical (unpaired) electrons. The molecule has 0 unspecified atom stereocenters. The Hall–Kier alpha value is -3.39. The van der Waals surface area contributed by atoms with Gasteiger partial charge in [-0.3, -0.25) is 4.79 Å². The van der Waals surface area contributed by atoms with Gasteiger partial charge in [0.1, 0.15) is 11.1 Å². The largest absolute Gasteiger partial charge is 0.454 e. The summed E-state index contributed by atoms with van der Waals surface area (Å²) in [5.74, 6) is 1.00. The molecule has 1 amide bonds. The predicted octanol–water partition coefficient (Wildman–Crippen LogP) is 4.28. The minimum absolute atomic E-state index is 0.173. The molecule has 8 nitrogen and oxygen atoms in total. The van der Waals surface area contributed by atoms with Gasteiger partial charge in [0.25, 0.3) is 5.91 Å². The number of hydrogen-bond acceptors (Lipinski definition) is 7. The first-order chi connectivity index (χ1) is 16.9. The van der Waals surface area contributed by atoms with Crippen LogP contribution in [-0.2, 0) is 16.4 Å². The van der Waals surface area contributed by atoms with Crippen LogP contribution in [0.3, 0.4) is 0 Å². The number of fused-ring (bicyclic) bond motifs is 1. The Morgan fingerprint density at radius 2 is 1.83 bits per heavy atom. The average Bonchev–Trinajstić information content (AvgIpc) is 3.61. The molecule has 1 aromatic heterocycles. The molecule has 0 saturated carbocycles. The van der Waals surface area contributed by atoms with Crippen LogP contribution >= 0.6 is 11.3 Å². The van der Waals surface area contributed by atoms with Gasteiger partial charge in [-0.25, -0.2) is 8.42 Å². The van der Waals surface area contributed by atoms with Crippen molar-refractivity contribution in [1.29, 1.82) is 5.26 Å². The highest BCUT2D eigenvalue weighted by atomic mass is 32.2. The lowest BCUT2D eigenvalue weighted by molar-refractivity contribution is 0.102. The highest BCUT2D eigenvalue weighted by Gasteiger charge is 2.27. The molecule has 1 saturated heterocycles. The van der Waals surface area contributed by atoms with Gasteiger partial charge in [-0.1, -0.05) is 6.07 Å². The maximum absolute atomic E-state index is 12.9. The Kier molecular flexibility index (Phi) is 6.23. The number of nitriles is 1. The molecule has 0 bridgehead atoms. The number of amides is 1. The normalized spacial score (nSPS) is 15.2. The number of sulfonamides is 1. The lowest BCUT2D eigenvalue weighted by Crippen LogP contribution is -2.27. The smallest absolute Gasteiger partial charge is 0.256 e. The highest BCUT2D eigenvalue weighted by Crippen LogP contribution is 2.37. The van der Waals surface area contributed by atoms with Crippen molar-refractivity contribution in [2.24, 2.45) is 0 Å². The second-order valence-electron chi connectivity index (χ2n) is 8.42. The fourth-order valence-corrected chi connectivity index (χ4v) is 6.92. The number of nitrogens with one attached hydrogen (secondary N) is 1. The van der Waals surface area contributed by atoms with Crippen LogP contribution in [0, 0.1) is 18.3 Å². The molecule has 0 atom stereocenters. The Morgan fingerprint density at radius 1 is 1.11 bits per heavy atom. The lowest BCUT2D eigenvalue weighted by Gasteiger charge is -2.15. The van der Waals surface area contributed by atoms with E-state index in [4.69, 9.17) is 9.47 Å². The summed E-state index contributed by atoms with van der Waals surface area (Å²) in [6.07, 6.45) is 2.30. The van der Waals surface area contributed by atoms with Gasteiger partial charge in [0.2, 0.25) is 16.8 Å². The SMILES string of the molecule is Cc1c(Cc2ccc3c(c2)OCO3)sc(NC(=O)c2ccc(S(=O)(=O)N3CCCC3)cc2)c1C#N. The summed E-state index contributed by atoms with van der Waals surface area (Å²) in [5.41, 5.74) is 2.57. The van der Waals surface area contributed by atoms with Gasteiger partial charge < -0.3 is 14.8 Å². The van der Waals surface area contributed by atoms with Gasteiger partial charge in [0.15, 0.2) is 11.5 Å². The fourth-order valence-electron chi connectivity index (χ4n) is 4.22. The summed E-state index contributed by atoms with van der Waals surface area (Å²) in [4.78, 5) is 14.0. The molecular weight excluding hydrogens is 486 g/mol. The third-order valence-corrected chi connectivity index (χ3v) is 9.33. The van der Waals surface area contributed by atoms with Crippen molar-refractivity contribution in [1.82, 2.24) is 4.31 Å². The zero-order valence-corrected chi connectivity index (χ0v) is 20.7. The quantitative estimate of drug-likeness (QED) is 0.531. The molecule has 1 N–H and O–H groups in total. The third kappa shape index (κ3) is 4.50. The molecule has 3 aromatic rings. The van der Waals surface area contributed by atoms with Crippen LogP contribution in [0.5, 0.6) is 11.5 Å². The monoisotopic (exact) mass is 509 g/mol. The van der Waals surface area contributed by atoms with Gasteiger partial charge in [-0.2, -0.15) is 9.57 Å². The summed E-state index contributed by atoms with van der Waals surface area (Å²) in [5, 5.41) is 13.0. The second kappa shape index (κ2) is 9.34. The molecule has 10 heteroatoms.